The maximum Gasteiger partial charge on any atom is 0.129 e. The number of epoxide rings is 1. The average Bonchev–Trinajstić information content (AvgIpc) is 2.87. The average molecular weight is 212 g/mol. The van der Waals surface area contributed by atoms with Crippen LogP contribution in [0, 0.1) is 0 Å². The number of rotatable bonds is 1. The van der Waals surface area contributed by atoms with Gasteiger partial charge in [0.2, 0.25) is 0 Å². The van der Waals surface area contributed by atoms with Crippen LogP contribution in [0.3, 0.4) is 0 Å². The van der Waals surface area contributed by atoms with Gasteiger partial charge in [-0.25, -0.2) is 4.98 Å². The molecule has 1 aliphatic rings. The molecule has 2 aromatic rings. The van der Waals surface area contributed by atoms with E-state index in [1.165, 1.54) is 9.58 Å². The minimum atomic E-state index is 0.318. The van der Waals surface area contributed by atoms with Gasteiger partial charge in [-0.1, -0.05) is 11.6 Å². The first-order valence-electron chi connectivity index (χ1n) is 4.00. The number of hydrogen-bond acceptors (Lipinski definition) is 3. The van der Waals surface area contributed by atoms with Crippen molar-refractivity contribution in [3.05, 3.63) is 28.2 Å². The second-order valence-electron chi connectivity index (χ2n) is 2.99. The van der Waals surface area contributed by atoms with Crippen LogP contribution in [-0.2, 0) is 4.74 Å². The topological polar surface area (TPSA) is 25.4 Å². The smallest absolute Gasteiger partial charge is 0.129 e. The summed E-state index contributed by atoms with van der Waals surface area (Å²) in [4.78, 5) is 5.48. The van der Waals surface area contributed by atoms with Gasteiger partial charge in [-0.2, -0.15) is 0 Å². The van der Waals surface area contributed by atoms with E-state index in [1.807, 2.05) is 12.1 Å². The van der Waals surface area contributed by atoms with Crippen LogP contribution in [-0.4, -0.2) is 11.6 Å². The molecule has 66 valence electrons. The van der Waals surface area contributed by atoms with E-state index in [0.29, 0.717) is 11.3 Å². The van der Waals surface area contributed by atoms with Gasteiger partial charge >= 0.3 is 0 Å². The van der Waals surface area contributed by atoms with Crippen molar-refractivity contribution in [2.24, 2.45) is 0 Å². The normalized spacial score (nSPS) is 20.8. The van der Waals surface area contributed by atoms with Gasteiger partial charge in [-0.05, 0) is 18.2 Å². The molecule has 3 heterocycles. The van der Waals surface area contributed by atoms with Crippen molar-refractivity contribution in [1.82, 2.24) is 4.98 Å². The van der Waals surface area contributed by atoms with Crippen molar-refractivity contribution in [2.75, 3.05) is 6.61 Å². The van der Waals surface area contributed by atoms with Gasteiger partial charge in [-0.3, -0.25) is 0 Å². The van der Waals surface area contributed by atoms with E-state index < -0.39 is 0 Å². The minimum Gasteiger partial charge on any atom is -0.367 e. The lowest BCUT2D eigenvalue weighted by atomic mass is 10.3. The van der Waals surface area contributed by atoms with Crippen LogP contribution in [0.4, 0.5) is 0 Å². The molecule has 0 bridgehead atoms. The van der Waals surface area contributed by atoms with Crippen LogP contribution in [0.1, 0.15) is 11.0 Å². The first-order chi connectivity index (χ1) is 6.33. The predicted molar refractivity (Wildman–Crippen MR) is 53.3 cm³/mol. The number of nitrogens with zero attached hydrogens (tertiary/aromatic N) is 1. The third-order valence-corrected chi connectivity index (χ3v) is 3.40. The van der Waals surface area contributed by atoms with Gasteiger partial charge in [0.15, 0.2) is 0 Å². The summed E-state index contributed by atoms with van der Waals surface area (Å²) in [7, 11) is 0. The van der Waals surface area contributed by atoms with Crippen LogP contribution in [0.5, 0.6) is 0 Å². The second kappa shape index (κ2) is 2.67. The summed E-state index contributed by atoms with van der Waals surface area (Å²) in [5.41, 5.74) is 0.975. The van der Waals surface area contributed by atoms with E-state index in [0.717, 1.165) is 12.1 Å². The van der Waals surface area contributed by atoms with E-state index in [4.69, 9.17) is 16.3 Å². The number of ether oxygens (including phenoxy) is 1. The van der Waals surface area contributed by atoms with Gasteiger partial charge < -0.3 is 4.74 Å². The van der Waals surface area contributed by atoms with Crippen LogP contribution in [0.2, 0.25) is 5.15 Å². The highest BCUT2D eigenvalue weighted by Gasteiger charge is 2.26. The number of fused-ring (bicyclic) bond motifs is 1. The monoisotopic (exact) mass is 211 g/mol. The van der Waals surface area contributed by atoms with Crippen LogP contribution in [0.15, 0.2) is 18.2 Å². The predicted octanol–water partition coefficient (Wildman–Crippen LogP) is 3.02. The zero-order chi connectivity index (χ0) is 8.84. The Labute approximate surface area is 84.1 Å². The van der Waals surface area contributed by atoms with Gasteiger partial charge in [0, 0.05) is 4.88 Å². The molecular formula is C9H6ClNOS. The Morgan fingerprint density at radius 1 is 1.54 bits per heavy atom. The van der Waals surface area contributed by atoms with E-state index in [2.05, 4.69) is 11.1 Å². The van der Waals surface area contributed by atoms with Crippen molar-refractivity contribution in [3.63, 3.8) is 0 Å². The Hall–Kier alpha value is -0.640. The Bertz CT molecular complexity index is 464. The molecule has 0 aliphatic carbocycles. The number of thiophene rings is 1. The maximum absolute atomic E-state index is 5.79. The number of hydrogen-bond donors (Lipinski definition) is 0. The van der Waals surface area contributed by atoms with Crippen molar-refractivity contribution in [1.29, 1.82) is 0 Å². The first kappa shape index (κ1) is 7.74. The number of aromatic nitrogens is 1. The molecule has 4 heteroatoms. The highest BCUT2D eigenvalue weighted by molar-refractivity contribution is 7.19. The summed E-state index contributed by atoms with van der Waals surface area (Å²) >= 11 is 7.52. The summed E-state index contributed by atoms with van der Waals surface area (Å²) in [6.45, 7) is 0.848. The molecule has 1 atom stereocenters. The molecule has 3 rings (SSSR count). The molecule has 2 aromatic heterocycles. The molecule has 1 aliphatic heterocycles. The highest BCUT2D eigenvalue weighted by Crippen LogP contribution is 2.37. The number of pyridine rings is 1. The zero-order valence-corrected chi connectivity index (χ0v) is 8.23. The fourth-order valence-corrected chi connectivity index (χ4v) is 2.48. The number of halogens is 1. The summed E-state index contributed by atoms with van der Waals surface area (Å²) < 4.78 is 6.38. The lowest BCUT2D eigenvalue weighted by molar-refractivity contribution is 0.418. The van der Waals surface area contributed by atoms with Crippen molar-refractivity contribution >= 4 is 33.2 Å². The van der Waals surface area contributed by atoms with Gasteiger partial charge in [0.25, 0.3) is 0 Å². The molecule has 2 nitrogen and oxygen atoms in total. The standard InChI is InChI=1S/C9H6ClNOS/c10-9-2-1-7-5(11-9)3-8(13-7)6-4-12-6/h1-3,6H,4H2. The van der Waals surface area contributed by atoms with E-state index >= 15 is 0 Å². The fourth-order valence-electron chi connectivity index (χ4n) is 1.29. The Balaban J connectivity index is 2.20. The van der Waals surface area contributed by atoms with Gasteiger partial charge in [-0.15, -0.1) is 11.3 Å². The summed E-state index contributed by atoms with van der Waals surface area (Å²) in [5.74, 6) is 0. The lowest BCUT2D eigenvalue weighted by Crippen LogP contribution is -1.72. The first-order valence-corrected chi connectivity index (χ1v) is 5.20. The van der Waals surface area contributed by atoms with Crippen molar-refractivity contribution in [3.8, 4) is 0 Å². The molecule has 0 radical (unpaired) electrons. The maximum atomic E-state index is 5.79. The van der Waals surface area contributed by atoms with E-state index in [9.17, 15) is 0 Å². The molecule has 0 N–H and O–H groups in total. The lowest BCUT2D eigenvalue weighted by Gasteiger charge is -1.87. The largest absolute Gasteiger partial charge is 0.367 e. The summed E-state index contributed by atoms with van der Waals surface area (Å²) in [6.07, 6.45) is 0.318. The van der Waals surface area contributed by atoms with Gasteiger partial charge in [0.05, 0.1) is 16.8 Å². The SMILES string of the molecule is Clc1ccc2sc(C3CO3)cc2n1. The molecule has 13 heavy (non-hydrogen) atoms. The Morgan fingerprint density at radius 2 is 2.38 bits per heavy atom. The summed E-state index contributed by atoms with van der Waals surface area (Å²) in [6, 6.07) is 5.88. The molecule has 1 unspecified atom stereocenters. The Morgan fingerprint density at radius 3 is 3.15 bits per heavy atom. The third-order valence-electron chi connectivity index (χ3n) is 2.01. The third kappa shape index (κ3) is 1.33. The molecule has 1 saturated heterocycles. The molecular weight excluding hydrogens is 206 g/mol. The van der Waals surface area contributed by atoms with E-state index in [-0.39, 0.29) is 0 Å². The molecule has 0 saturated carbocycles. The van der Waals surface area contributed by atoms with E-state index in [1.54, 1.807) is 11.3 Å². The van der Waals surface area contributed by atoms with Crippen molar-refractivity contribution in [2.45, 2.75) is 6.10 Å². The highest BCUT2D eigenvalue weighted by atomic mass is 35.5. The molecule has 0 aromatic carbocycles. The molecule has 1 fully saturated rings. The Kier molecular flexibility index (Phi) is 1.59. The second-order valence-corrected chi connectivity index (χ2v) is 4.49. The quantitative estimate of drug-likeness (QED) is 0.535. The minimum absolute atomic E-state index is 0.318. The summed E-state index contributed by atoms with van der Waals surface area (Å²) in [5, 5.41) is 0.550. The van der Waals surface area contributed by atoms with Crippen LogP contribution < -0.4 is 0 Å². The fraction of sp³-hybridized carbons (Fsp3) is 0.222. The van der Waals surface area contributed by atoms with Crippen LogP contribution in [0.25, 0.3) is 10.2 Å². The molecule has 0 amide bonds. The van der Waals surface area contributed by atoms with Crippen molar-refractivity contribution < 1.29 is 4.74 Å². The van der Waals surface area contributed by atoms with Crippen LogP contribution >= 0.6 is 22.9 Å². The zero-order valence-electron chi connectivity index (χ0n) is 6.66. The van der Waals surface area contributed by atoms with Gasteiger partial charge in [0.1, 0.15) is 11.3 Å². The molecule has 0 spiro atoms.